The summed E-state index contributed by atoms with van der Waals surface area (Å²) in [6, 6.07) is 5.58. The van der Waals surface area contributed by atoms with Gasteiger partial charge in [0.1, 0.15) is 11.4 Å². The Morgan fingerprint density at radius 3 is 2.59 bits per heavy atom. The third-order valence-corrected chi connectivity index (χ3v) is 5.29. The number of carbonyl (C=O) groups excluding carboxylic acids is 2. The number of benzene rings is 1. The number of carbonyl (C=O) groups is 2. The predicted octanol–water partition coefficient (Wildman–Crippen LogP) is 4.05. The molecule has 2 aliphatic rings. The van der Waals surface area contributed by atoms with Crippen LogP contribution in [0.15, 0.2) is 18.2 Å². The average Bonchev–Trinajstić information content (AvgIpc) is 2.98. The second-order valence-corrected chi connectivity index (χ2v) is 9.02. The monoisotopic (exact) mass is 393 g/mol. The Morgan fingerprint density at radius 1 is 1.22 bits per heavy atom. The fourth-order valence-corrected chi connectivity index (χ4v) is 3.98. The van der Waals surface area contributed by atoms with Crippen molar-refractivity contribution < 1.29 is 19.1 Å². The number of rotatable bonds is 4. The van der Waals surface area contributed by atoms with Crippen molar-refractivity contribution in [3.63, 3.8) is 0 Å². The smallest absolute Gasteiger partial charge is 0.306 e. The van der Waals surface area contributed by atoms with Crippen molar-refractivity contribution in [1.29, 1.82) is 0 Å². The van der Waals surface area contributed by atoms with Crippen molar-refractivity contribution in [2.45, 2.75) is 77.0 Å². The Morgan fingerprint density at radius 2 is 1.93 bits per heavy atom. The number of ether oxygens (including phenoxy) is 2. The van der Waals surface area contributed by atoms with Gasteiger partial charge in [0.2, 0.25) is 0 Å². The Balaban J connectivity index is 1.42. The van der Waals surface area contributed by atoms with Crippen LogP contribution in [0.25, 0.3) is 0 Å². The Bertz CT molecular complexity index is 705. The quantitative estimate of drug-likeness (QED) is 0.784. The Labute approximate surface area is 165 Å². The molecule has 1 heterocycles. The largest absolute Gasteiger partial charge is 0.480 e. The molecule has 1 aromatic rings. The zero-order valence-corrected chi connectivity index (χ0v) is 17.0. The minimum Gasteiger partial charge on any atom is -0.480 e. The van der Waals surface area contributed by atoms with Gasteiger partial charge in [-0.1, -0.05) is 11.6 Å². The maximum atomic E-state index is 12.5. The second-order valence-electron chi connectivity index (χ2n) is 8.58. The molecule has 1 fully saturated rings. The molecule has 1 atom stereocenters. The topological polar surface area (TPSA) is 64.6 Å². The molecular weight excluding hydrogens is 366 g/mol. The predicted molar refractivity (Wildman–Crippen MR) is 104 cm³/mol. The van der Waals surface area contributed by atoms with Crippen LogP contribution in [0.2, 0.25) is 5.02 Å². The zero-order chi connectivity index (χ0) is 19.6. The van der Waals surface area contributed by atoms with Gasteiger partial charge in [-0.2, -0.15) is 0 Å². The van der Waals surface area contributed by atoms with Gasteiger partial charge in [-0.15, -0.1) is 0 Å². The van der Waals surface area contributed by atoms with Crippen LogP contribution in [0.3, 0.4) is 0 Å². The first-order chi connectivity index (χ1) is 12.7. The van der Waals surface area contributed by atoms with E-state index in [1.54, 1.807) is 6.07 Å². The third-order valence-electron chi connectivity index (χ3n) is 5.06. The summed E-state index contributed by atoms with van der Waals surface area (Å²) in [6.45, 7) is 5.65. The molecule has 3 rings (SSSR count). The zero-order valence-electron chi connectivity index (χ0n) is 16.2. The van der Waals surface area contributed by atoms with E-state index in [0.29, 0.717) is 23.8 Å². The molecule has 1 N–H and O–H groups in total. The van der Waals surface area contributed by atoms with Crippen molar-refractivity contribution in [2.75, 3.05) is 0 Å². The lowest BCUT2D eigenvalue weighted by molar-refractivity contribution is -0.156. The van der Waals surface area contributed by atoms with Crippen molar-refractivity contribution >= 4 is 23.5 Å². The fourth-order valence-electron chi connectivity index (χ4n) is 3.79. The number of hydrogen-bond acceptors (Lipinski definition) is 4. The van der Waals surface area contributed by atoms with Crippen molar-refractivity contribution in [1.82, 2.24) is 5.32 Å². The summed E-state index contributed by atoms with van der Waals surface area (Å²) in [5, 5.41) is 3.76. The normalized spacial score (nSPS) is 24.7. The number of nitrogens with one attached hydrogen (secondary N) is 1. The van der Waals surface area contributed by atoms with Crippen LogP contribution in [-0.4, -0.2) is 29.6 Å². The minimum atomic E-state index is -0.488. The van der Waals surface area contributed by atoms with E-state index in [9.17, 15) is 9.59 Å². The maximum Gasteiger partial charge on any atom is 0.306 e. The van der Waals surface area contributed by atoms with Crippen LogP contribution < -0.4 is 10.1 Å². The molecule has 6 heteroatoms. The number of amides is 1. The van der Waals surface area contributed by atoms with E-state index in [1.165, 1.54) is 0 Å². The molecule has 27 heavy (non-hydrogen) atoms. The summed E-state index contributed by atoms with van der Waals surface area (Å²) in [5.74, 6) is 0.867. The van der Waals surface area contributed by atoms with Gasteiger partial charge in [-0.25, -0.2) is 0 Å². The van der Waals surface area contributed by atoms with Crippen LogP contribution >= 0.6 is 11.6 Å². The number of hydrogen-bond donors (Lipinski definition) is 1. The highest BCUT2D eigenvalue weighted by Gasteiger charge is 2.32. The van der Waals surface area contributed by atoms with Gasteiger partial charge < -0.3 is 14.8 Å². The van der Waals surface area contributed by atoms with Crippen LogP contribution in [0.5, 0.6) is 5.75 Å². The minimum absolute atomic E-state index is 0.0714. The summed E-state index contributed by atoms with van der Waals surface area (Å²) in [4.78, 5) is 24.5. The van der Waals surface area contributed by atoms with E-state index in [-0.39, 0.29) is 17.9 Å². The van der Waals surface area contributed by atoms with Crippen LogP contribution in [0.4, 0.5) is 0 Å². The lowest BCUT2D eigenvalue weighted by Gasteiger charge is -2.30. The van der Waals surface area contributed by atoms with E-state index in [1.807, 2.05) is 32.9 Å². The standard InChI is InChI=1S/C21H28ClNO4/c1-21(2,3)27-19(24)10-13-4-7-16(8-5-13)23-20(25)18-12-14-11-15(22)6-9-17(14)26-18/h6,9,11,13,16,18H,4-5,7-8,10,12H2,1-3H3,(H,23,25). The average molecular weight is 394 g/mol. The second kappa shape index (κ2) is 8.09. The first-order valence-corrected chi connectivity index (χ1v) is 10.0. The van der Waals surface area contributed by atoms with E-state index in [2.05, 4.69) is 5.32 Å². The molecule has 0 aromatic heterocycles. The van der Waals surface area contributed by atoms with Gasteiger partial charge in [0.15, 0.2) is 6.10 Å². The van der Waals surface area contributed by atoms with E-state index < -0.39 is 11.7 Å². The van der Waals surface area contributed by atoms with Crippen molar-refractivity contribution in [3.8, 4) is 5.75 Å². The number of esters is 1. The van der Waals surface area contributed by atoms with Crippen molar-refractivity contribution in [2.24, 2.45) is 5.92 Å². The van der Waals surface area contributed by atoms with E-state index in [4.69, 9.17) is 21.1 Å². The molecule has 1 aliphatic carbocycles. The van der Waals surface area contributed by atoms with E-state index >= 15 is 0 Å². The first-order valence-electron chi connectivity index (χ1n) is 9.67. The lowest BCUT2D eigenvalue weighted by Crippen LogP contribution is -2.44. The summed E-state index contributed by atoms with van der Waals surface area (Å²) in [7, 11) is 0. The van der Waals surface area contributed by atoms with Gasteiger partial charge in [-0.05, 0) is 76.1 Å². The third kappa shape index (κ3) is 5.61. The Kier molecular flexibility index (Phi) is 5.99. The molecule has 1 aliphatic heterocycles. The molecule has 0 saturated heterocycles. The summed E-state index contributed by atoms with van der Waals surface area (Å²) in [5.41, 5.74) is 0.537. The summed E-state index contributed by atoms with van der Waals surface area (Å²) >= 11 is 6.00. The Hall–Kier alpha value is -1.75. The van der Waals surface area contributed by atoms with Gasteiger partial charge in [-0.3, -0.25) is 9.59 Å². The summed E-state index contributed by atoms with van der Waals surface area (Å²) < 4.78 is 11.2. The number of halogens is 1. The molecule has 5 nitrogen and oxygen atoms in total. The molecule has 0 bridgehead atoms. The van der Waals surface area contributed by atoms with Gasteiger partial charge in [0.25, 0.3) is 5.91 Å². The fraction of sp³-hybridized carbons (Fsp3) is 0.619. The molecule has 1 saturated carbocycles. The summed E-state index contributed by atoms with van der Waals surface area (Å²) in [6.07, 6.45) is 4.13. The van der Waals surface area contributed by atoms with E-state index in [0.717, 1.165) is 37.0 Å². The van der Waals surface area contributed by atoms with Gasteiger partial charge in [0, 0.05) is 23.9 Å². The highest BCUT2D eigenvalue weighted by Crippen LogP contribution is 2.32. The van der Waals surface area contributed by atoms with Crippen LogP contribution in [0, 0.1) is 5.92 Å². The molecule has 0 radical (unpaired) electrons. The first kappa shape index (κ1) is 20.0. The molecule has 1 aromatic carbocycles. The van der Waals surface area contributed by atoms with Crippen LogP contribution in [-0.2, 0) is 20.7 Å². The highest BCUT2D eigenvalue weighted by molar-refractivity contribution is 6.30. The SMILES string of the molecule is CC(C)(C)OC(=O)CC1CCC(NC(=O)C2Cc3cc(Cl)ccc3O2)CC1. The van der Waals surface area contributed by atoms with Crippen molar-refractivity contribution in [3.05, 3.63) is 28.8 Å². The molecule has 1 unspecified atom stereocenters. The number of fused-ring (bicyclic) bond motifs is 1. The van der Waals surface area contributed by atoms with Gasteiger partial charge in [0.05, 0.1) is 0 Å². The highest BCUT2D eigenvalue weighted by atomic mass is 35.5. The van der Waals surface area contributed by atoms with Gasteiger partial charge >= 0.3 is 5.97 Å². The molecule has 148 valence electrons. The van der Waals surface area contributed by atoms with Crippen LogP contribution in [0.1, 0.15) is 58.4 Å². The lowest BCUT2D eigenvalue weighted by atomic mass is 9.84. The maximum absolute atomic E-state index is 12.5. The molecular formula is C21H28ClNO4. The molecule has 1 amide bonds. The molecule has 0 spiro atoms.